The summed E-state index contributed by atoms with van der Waals surface area (Å²) in [6.07, 6.45) is 1.26. The van der Waals surface area contributed by atoms with Crippen LogP contribution in [-0.4, -0.2) is 41.6 Å². The molecule has 1 atom stereocenters. The Labute approximate surface area is 151 Å². The Morgan fingerprint density at radius 1 is 1.15 bits per heavy atom. The van der Waals surface area contributed by atoms with E-state index in [1.807, 2.05) is 12.1 Å². The minimum Gasteiger partial charge on any atom is -0.467 e. The molecule has 0 saturated carbocycles. The van der Waals surface area contributed by atoms with E-state index in [2.05, 4.69) is 10.3 Å². The van der Waals surface area contributed by atoms with Crippen LogP contribution < -0.4 is 5.32 Å². The van der Waals surface area contributed by atoms with Crippen LogP contribution in [0.1, 0.15) is 37.6 Å². The number of carbonyl (C=O) groups is 3. The molecule has 0 bridgehead atoms. The van der Waals surface area contributed by atoms with Crippen LogP contribution in [0.4, 0.5) is 0 Å². The van der Waals surface area contributed by atoms with Crippen molar-refractivity contribution >= 4 is 28.7 Å². The topological polar surface area (TPSA) is 94.6 Å². The second-order valence-corrected chi connectivity index (χ2v) is 6.72. The minimum atomic E-state index is -1.15. The average Bonchev–Trinajstić information content (AvgIpc) is 2.58. The molecule has 1 aromatic carbocycles. The number of esters is 2. The number of benzene rings is 1. The molecule has 0 aliphatic rings. The van der Waals surface area contributed by atoms with Gasteiger partial charge in [0.2, 0.25) is 0 Å². The average molecular weight is 358 g/mol. The van der Waals surface area contributed by atoms with Gasteiger partial charge >= 0.3 is 11.9 Å². The number of methoxy groups -OCH3 is 1. The van der Waals surface area contributed by atoms with Crippen LogP contribution in [0.25, 0.3) is 10.9 Å². The van der Waals surface area contributed by atoms with Gasteiger partial charge in [-0.1, -0.05) is 18.2 Å². The minimum absolute atomic E-state index is 0.307. The highest BCUT2D eigenvalue weighted by molar-refractivity contribution is 6.06. The zero-order chi connectivity index (χ0) is 19.3. The first-order chi connectivity index (χ1) is 12.2. The van der Waals surface area contributed by atoms with Crippen LogP contribution in [0.5, 0.6) is 0 Å². The summed E-state index contributed by atoms with van der Waals surface area (Å²) in [6, 6.07) is 7.60. The predicted octanol–water partition coefficient (Wildman–Crippen LogP) is 2.24. The molecule has 1 aromatic heterocycles. The van der Waals surface area contributed by atoms with E-state index in [9.17, 15) is 14.4 Å². The number of pyridine rings is 1. The second kappa shape index (κ2) is 7.95. The highest BCUT2D eigenvalue weighted by atomic mass is 16.6. The molecule has 1 heterocycles. The summed E-state index contributed by atoms with van der Waals surface area (Å²) in [6.45, 7) is 5.16. The van der Waals surface area contributed by atoms with Crippen molar-refractivity contribution in [1.82, 2.24) is 10.3 Å². The smallest absolute Gasteiger partial charge is 0.328 e. The molecule has 0 spiro atoms. The third-order valence-electron chi connectivity index (χ3n) is 3.46. The number of carbonyl (C=O) groups excluding carboxylic acids is 3. The summed E-state index contributed by atoms with van der Waals surface area (Å²) in [5.41, 5.74) is 0.121. The number of aromatic nitrogens is 1. The molecule has 0 aliphatic carbocycles. The lowest BCUT2D eigenvalue weighted by molar-refractivity contribution is -0.158. The standard InChI is InChI=1S/C19H22N2O5/c1-19(2,3)26-15(22)11-14(18(24)25-4)21-17(23)13-9-5-7-12-8-6-10-20-16(12)13/h5-10,14H,11H2,1-4H3,(H,21,23)/t14-/m0/s1. The van der Waals surface area contributed by atoms with Gasteiger partial charge in [0.15, 0.2) is 0 Å². The third-order valence-corrected chi connectivity index (χ3v) is 3.46. The summed E-state index contributed by atoms with van der Waals surface area (Å²) in [5.74, 6) is -1.85. The predicted molar refractivity (Wildman–Crippen MR) is 95.5 cm³/mol. The Hall–Kier alpha value is -2.96. The first-order valence-electron chi connectivity index (χ1n) is 8.15. The molecule has 138 valence electrons. The lowest BCUT2D eigenvalue weighted by atomic mass is 10.1. The lowest BCUT2D eigenvalue weighted by Crippen LogP contribution is -2.44. The van der Waals surface area contributed by atoms with Gasteiger partial charge in [0.05, 0.1) is 24.6 Å². The SMILES string of the molecule is COC(=O)[C@H](CC(=O)OC(C)(C)C)NC(=O)c1cccc2cccnc12. The van der Waals surface area contributed by atoms with Crippen molar-refractivity contribution in [2.24, 2.45) is 0 Å². The number of rotatable bonds is 5. The Bertz CT molecular complexity index is 821. The molecule has 2 aromatic rings. The zero-order valence-electron chi connectivity index (χ0n) is 15.2. The van der Waals surface area contributed by atoms with Crippen LogP contribution in [0.2, 0.25) is 0 Å². The normalized spacial score (nSPS) is 12.3. The van der Waals surface area contributed by atoms with Crippen LogP contribution >= 0.6 is 0 Å². The van der Waals surface area contributed by atoms with Gasteiger partial charge in [-0.3, -0.25) is 14.6 Å². The molecule has 0 unspecified atom stereocenters. The van der Waals surface area contributed by atoms with Crippen molar-refractivity contribution in [3.8, 4) is 0 Å². The highest BCUT2D eigenvalue weighted by Gasteiger charge is 2.28. The molecule has 0 radical (unpaired) electrons. The fourth-order valence-corrected chi connectivity index (χ4v) is 2.41. The Morgan fingerprint density at radius 2 is 1.85 bits per heavy atom. The van der Waals surface area contributed by atoms with Gasteiger partial charge in [0.25, 0.3) is 5.91 Å². The van der Waals surface area contributed by atoms with Gasteiger partial charge < -0.3 is 14.8 Å². The number of hydrogen-bond donors (Lipinski definition) is 1. The number of amides is 1. The Balaban J connectivity index is 2.20. The monoisotopic (exact) mass is 358 g/mol. The maximum absolute atomic E-state index is 12.6. The number of fused-ring (bicyclic) bond motifs is 1. The van der Waals surface area contributed by atoms with Crippen molar-refractivity contribution in [3.63, 3.8) is 0 Å². The second-order valence-electron chi connectivity index (χ2n) is 6.72. The zero-order valence-corrected chi connectivity index (χ0v) is 15.2. The van der Waals surface area contributed by atoms with Crippen molar-refractivity contribution in [1.29, 1.82) is 0 Å². The highest BCUT2D eigenvalue weighted by Crippen LogP contribution is 2.16. The van der Waals surface area contributed by atoms with E-state index in [0.29, 0.717) is 11.1 Å². The van der Waals surface area contributed by atoms with Gasteiger partial charge in [0.1, 0.15) is 11.6 Å². The van der Waals surface area contributed by atoms with E-state index in [1.54, 1.807) is 45.2 Å². The summed E-state index contributed by atoms with van der Waals surface area (Å²) in [4.78, 5) is 40.9. The van der Waals surface area contributed by atoms with Gasteiger partial charge in [0, 0.05) is 11.6 Å². The summed E-state index contributed by atoms with van der Waals surface area (Å²) < 4.78 is 9.90. The van der Waals surface area contributed by atoms with Crippen LogP contribution in [0, 0.1) is 0 Å². The van der Waals surface area contributed by atoms with Gasteiger partial charge in [-0.2, -0.15) is 0 Å². The van der Waals surface area contributed by atoms with E-state index in [0.717, 1.165) is 5.39 Å². The third kappa shape index (κ3) is 5.02. The Kier molecular flexibility index (Phi) is 5.92. The molecule has 1 amide bonds. The van der Waals surface area contributed by atoms with Gasteiger partial charge in [-0.25, -0.2) is 4.79 Å². The molecular formula is C19H22N2O5. The van der Waals surface area contributed by atoms with E-state index < -0.39 is 29.5 Å². The number of para-hydroxylation sites is 1. The number of nitrogens with zero attached hydrogens (tertiary/aromatic N) is 1. The molecule has 2 rings (SSSR count). The van der Waals surface area contributed by atoms with E-state index in [4.69, 9.17) is 9.47 Å². The van der Waals surface area contributed by atoms with Crippen molar-refractivity contribution < 1.29 is 23.9 Å². The van der Waals surface area contributed by atoms with E-state index in [-0.39, 0.29) is 6.42 Å². The molecule has 7 heteroatoms. The van der Waals surface area contributed by atoms with E-state index >= 15 is 0 Å². The van der Waals surface area contributed by atoms with Crippen LogP contribution in [0.15, 0.2) is 36.5 Å². The first kappa shape index (κ1) is 19.4. The molecular weight excluding hydrogens is 336 g/mol. The maximum Gasteiger partial charge on any atom is 0.328 e. The summed E-state index contributed by atoms with van der Waals surface area (Å²) in [7, 11) is 1.19. The van der Waals surface area contributed by atoms with Gasteiger partial charge in [-0.15, -0.1) is 0 Å². The largest absolute Gasteiger partial charge is 0.467 e. The van der Waals surface area contributed by atoms with Crippen molar-refractivity contribution in [2.75, 3.05) is 7.11 Å². The number of ether oxygens (including phenoxy) is 2. The first-order valence-corrected chi connectivity index (χ1v) is 8.15. The van der Waals surface area contributed by atoms with Crippen LogP contribution in [0.3, 0.4) is 0 Å². The van der Waals surface area contributed by atoms with Crippen molar-refractivity contribution in [2.45, 2.75) is 38.8 Å². The maximum atomic E-state index is 12.6. The molecule has 0 fully saturated rings. The molecule has 1 N–H and O–H groups in total. The molecule has 7 nitrogen and oxygen atoms in total. The fraction of sp³-hybridized carbons (Fsp3) is 0.368. The fourth-order valence-electron chi connectivity index (χ4n) is 2.41. The van der Waals surface area contributed by atoms with Gasteiger partial charge in [-0.05, 0) is 32.9 Å². The van der Waals surface area contributed by atoms with Crippen LogP contribution in [-0.2, 0) is 19.1 Å². The number of nitrogens with one attached hydrogen (secondary N) is 1. The molecule has 0 aliphatic heterocycles. The number of hydrogen-bond acceptors (Lipinski definition) is 6. The molecule has 26 heavy (non-hydrogen) atoms. The summed E-state index contributed by atoms with van der Waals surface area (Å²) in [5, 5.41) is 3.33. The van der Waals surface area contributed by atoms with E-state index in [1.165, 1.54) is 7.11 Å². The Morgan fingerprint density at radius 3 is 2.50 bits per heavy atom. The van der Waals surface area contributed by atoms with Crippen molar-refractivity contribution in [3.05, 3.63) is 42.1 Å². The summed E-state index contributed by atoms with van der Waals surface area (Å²) >= 11 is 0. The molecule has 0 saturated heterocycles. The quantitative estimate of drug-likeness (QED) is 0.824. The lowest BCUT2D eigenvalue weighted by Gasteiger charge is -2.22.